The van der Waals surface area contributed by atoms with E-state index < -0.39 is 0 Å². The number of anilines is 1. The van der Waals surface area contributed by atoms with Crippen LogP contribution < -0.4 is 10.6 Å². The van der Waals surface area contributed by atoms with Crippen LogP contribution >= 0.6 is 0 Å². The number of aryl methyl sites for hydroxylation is 1. The number of hydrogen-bond donors (Lipinski definition) is 1. The Hall–Kier alpha value is -1.69. The zero-order valence-electron chi connectivity index (χ0n) is 15.8. The fourth-order valence-electron chi connectivity index (χ4n) is 3.97. The summed E-state index contributed by atoms with van der Waals surface area (Å²) in [6.07, 6.45) is 8.09. The minimum Gasteiger partial charge on any atom is -0.355 e. The first-order valence-corrected chi connectivity index (χ1v) is 9.60. The number of carbonyl (C=O) groups is 1. The molecule has 1 aliphatic carbocycles. The third kappa shape index (κ3) is 3.94. The van der Waals surface area contributed by atoms with E-state index in [0.717, 1.165) is 49.4 Å². The third-order valence-electron chi connectivity index (χ3n) is 5.77. The molecule has 1 amide bonds. The Bertz CT molecular complexity index is 624. The third-order valence-corrected chi connectivity index (χ3v) is 5.77. The highest BCUT2D eigenvalue weighted by Crippen LogP contribution is 2.25. The number of carbonyl (C=O) groups excluding carboxylic acids is 1. The van der Waals surface area contributed by atoms with Crippen molar-refractivity contribution in [2.24, 2.45) is 5.73 Å². The predicted octanol–water partition coefficient (Wildman–Crippen LogP) is 2.43. The van der Waals surface area contributed by atoms with E-state index in [1.54, 1.807) is 0 Å². The predicted molar refractivity (Wildman–Crippen MR) is 99.9 cm³/mol. The molecule has 2 aliphatic rings. The van der Waals surface area contributed by atoms with Gasteiger partial charge in [-0.25, -0.2) is 9.97 Å². The van der Waals surface area contributed by atoms with Crippen LogP contribution in [0.2, 0.25) is 0 Å². The van der Waals surface area contributed by atoms with E-state index in [1.807, 2.05) is 25.8 Å². The summed E-state index contributed by atoms with van der Waals surface area (Å²) in [6.45, 7) is 5.67. The van der Waals surface area contributed by atoms with E-state index in [4.69, 9.17) is 5.73 Å². The lowest BCUT2D eigenvalue weighted by atomic mass is 10.1. The number of aromatic nitrogens is 2. The Morgan fingerprint density at radius 2 is 1.80 bits per heavy atom. The standard InChI is InChI=1S/C19H31N5O/c1-13-14(2)21-17(22-18(13)24-11-10-15(20)12-24)19(25)23(3)16-8-6-4-5-7-9-16/h15-16H,4-12,20H2,1-3H3/t15-/m1/s1. The van der Waals surface area contributed by atoms with Crippen LogP contribution in [0.4, 0.5) is 5.82 Å². The largest absolute Gasteiger partial charge is 0.355 e. The highest BCUT2D eigenvalue weighted by Gasteiger charge is 2.27. The summed E-state index contributed by atoms with van der Waals surface area (Å²) in [4.78, 5) is 26.2. The zero-order valence-corrected chi connectivity index (χ0v) is 15.8. The average molecular weight is 345 g/mol. The van der Waals surface area contributed by atoms with Gasteiger partial charge in [0.2, 0.25) is 5.82 Å². The molecule has 1 saturated carbocycles. The van der Waals surface area contributed by atoms with E-state index in [2.05, 4.69) is 14.9 Å². The van der Waals surface area contributed by atoms with Crippen LogP contribution in [0.5, 0.6) is 0 Å². The van der Waals surface area contributed by atoms with Crippen molar-refractivity contribution in [1.82, 2.24) is 14.9 Å². The number of nitrogens with zero attached hydrogens (tertiary/aromatic N) is 4. The average Bonchev–Trinajstić information content (AvgIpc) is 2.86. The van der Waals surface area contributed by atoms with E-state index in [1.165, 1.54) is 25.7 Å². The fraction of sp³-hybridized carbons (Fsp3) is 0.737. The van der Waals surface area contributed by atoms with Crippen LogP contribution in [0.25, 0.3) is 0 Å². The van der Waals surface area contributed by atoms with Crippen LogP contribution in [0.1, 0.15) is 66.8 Å². The summed E-state index contributed by atoms with van der Waals surface area (Å²) in [5.74, 6) is 1.14. The first-order valence-electron chi connectivity index (χ1n) is 9.60. The van der Waals surface area contributed by atoms with Crippen LogP contribution in [0.15, 0.2) is 0 Å². The van der Waals surface area contributed by atoms with Gasteiger partial charge in [0.1, 0.15) is 5.82 Å². The molecule has 138 valence electrons. The van der Waals surface area contributed by atoms with E-state index in [9.17, 15) is 4.79 Å². The maximum atomic E-state index is 13.0. The highest BCUT2D eigenvalue weighted by molar-refractivity contribution is 5.91. The first-order chi connectivity index (χ1) is 12.0. The van der Waals surface area contributed by atoms with Gasteiger partial charge in [-0.15, -0.1) is 0 Å². The monoisotopic (exact) mass is 345 g/mol. The maximum absolute atomic E-state index is 13.0. The number of rotatable bonds is 3. The topological polar surface area (TPSA) is 75.4 Å². The number of amides is 1. The molecule has 0 unspecified atom stereocenters. The normalized spacial score (nSPS) is 22.1. The molecule has 0 radical (unpaired) electrons. The summed E-state index contributed by atoms with van der Waals surface area (Å²) in [5.41, 5.74) is 7.97. The van der Waals surface area contributed by atoms with Crippen molar-refractivity contribution >= 4 is 11.7 Å². The molecule has 1 aromatic rings. The van der Waals surface area contributed by atoms with Crippen molar-refractivity contribution in [2.75, 3.05) is 25.0 Å². The quantitative estimate of drug-likeness (QED) is 0.852. The van der Waals surface area contributed by atoms with Crippen molar-refractivity contribution < 1.29 is 4.79 Å². The molecule has 2 heterocycles. The summed E-state index contributed by atoms with van der Waals surface area (Å²) in [5, 5.41) is 0. The van der Waals surface area contributed by atoms with Gasteiger partial charge in [-0.2, -0.15) is 0 Å². The molecule has 6 nitrogen and oxygen atoms in total. The minimum atomic E-state index is -0.0558. The smallest absolute Gasteiger partial charge is 0.291 e. The van der Waals surface area contributed by atoms with Gasteiger partial charge in [0, 0.05) is 43.5 Å². The van der Waals surface area contributed by atoms with Crippen LogP contribution in [-0.2, 0) is 0 Å². The van der Waals surface area contributed by atoms with E-state index in [0.29, 0.717) is 11.9 Å². The van der Waals surface area contributed by atoms with Gasteiger partial charge in [-0.1, -0.05) is 25.7 Å². The molecular weight excluding hydrogens is 314 g/mol. The lowest BCUT2D eigenvalue weighted by molar-refractivity contribution is 0.0705. The SMILES string of the molecule is Cc1nc(C(=O)N(C)C2CCCCCC2)nc(N2CC[C@@H](N)C2)c1C. The summed E-state index contributed by atoms with van der Waals surface area (Å²) < 4.78 is 0. The van der Waals surface area contributed by atoms with Gasteiger partial charge >= 0.3 is 0 Å². The van der Waals surface area contributed by atoms with Gasteiger partial charge < -0.3 is 15.5 Å². The molecular formula is C19H31N5O. The van der Waals surface area contributed by atoms with Crippen molar-refractivity contribution in [3.8, 4) is 0 Å². The number of nitrogens with two attached hydrogens (primary N) is 1. The Labute approximate surface area is 150 Å². The molecule has 1 atom stereocenters. The summed E-state index contributed by atoms with van der Waals surface area (Å²) in [7, 11) is 1.91. The second kappa shape index (κ2) is 7.68. The second-order valence-corrected chi connectivity index (χ2v) is 7.64. The molecule has 6 heteroatoms. The van der Waals surface area contributed by atoms with Gasteiger partial charge in [0.15, 0.2) is 0 Å². The first kappa shape index (κ1) is 18.1. The van der Waals surface area contributed by atoms with Crippen LogP contribution in [-0.4, -0.2) is 53.0 Å². The molecule has 1 aliphatic heterocycles. The number of hydrogen-bond acceptors (Lipinski definition) is 5. The van der Waals surface area contributed by atoms with E-state index in [-0.39, 0.29) is 11.9 Å². The fourth-order valence-corrected chi connectivity index (χ4v) is 3.97. The second-order valence-electron chi connectivity index (χ2n) is 7.64. The van der Waals surface area contributed by atoms with Crippen LogP contribution in [0.3, 0.4) is 0 Å². The Morgan fingerprint density at radius 3 is 2.40 bits per heavy atom. The molecule has 0 aromatic carbocycles. The minimum absolute atomic E-state index is 0.0558. The molecule has 3 rings (SSSR count). The van der Waals surface area contributed by atoms with Crippen molar-refractivity contribution in [1.29, 1.82) is 0 Å². The lowest BCUT2D eigenvalue weighted by Crippen LogP contribution is -2.38. The Kier molecular flexibility index (Phi) is 5.57. The molecule has 1 saturated heterocycles. The molecule has 2 N–H and O–H groups in total. The summed E-state index contributed by atoms with van der Waals surface area (Å²) >= 11 is 0. The molecule has 0 spiro atoms. The van der Waals surface area contributed by atoms with Crippen molar-refractivity contribution in [3.05, 3.63) is 17.1 Å². The van der Waals surface area contributed by atoms with Crippen molar-refractivity contribution in [2.45, 2.75) is 70.9 Å². The molecule has 1 aromatic heterocycles. The Morgan fingerprint density at radius 1 is 1.12 bits per heavy atom. The van der Waals surface area contributed by atoms with Gasteiger partial charge in [-0.3, -0.25) is 4.79 Å². The molecule has 0 bridgehead atoms. The molecule has 2 fully saturated rings. The van der Waals surface area contributed by atoms with Gasteiger partial charge in [0.25, 0.3) is 5.91 Å². The van der Waals surface area contributed by atoms with Gasteiger partial charge in [-0.05, 0) is 33.1 Å². The molecule has 25 heavy (non-hydrogen) atoms. The van der Waals surface area contributed by atoms with E-state index >= 15 is 0 Å². The maximum Gasteiger partial charge on any atom is 0.291 e. The van der Waals surface area contributed by atoms with Crippen LogP contribution in [0, 0.1) is 13.8 Å². The lowest BCUT2D eigenvalue weighted by Gasteiger charge is -2.27. The summed E-state index contributed by atoms with van der Waals surface area (Å²) in [6, 6.07) is 0.492. The Balaban J connectivity index is 1.83. The van der Waals surface area contributed by atoms with Crippen molar-refractivity contribution in [3.63, 3.8) is 0 Å². The zero-order chi connectivity index (χ0) is 18.0. The van der Waals surface area contributed by atoms with Gasteiger partial charge in [0.05, 0.1) is 0 Å². The highest BCUT2D eigenvalue weighted by atomic mass is 16.2.